The van der Waals surface area contributed by atoms with Crippen LogP contribution in [0.25, 0.3) is 11.4 Å². The van der Waals surface area contributed by atoms with Crippen LogP contribution in [0.1, 0.15) is 27.4 Å². The second-order valence-corrected chi connectivity index (χ2v) is 5.99. The average molecular weight is 336 g/mol. The third kappa shape index (κ3) is 2.73. The van der Waals surface area contributed by atoms with E-state index >= 15 is 0 Å². The largest absolute Gasteiger partial charge is 0.459 e. The Kier molecular flexibility index (Phi) is 3.68. The molecule has 0 saturated carbocycles. The molecule has 126 valence electrons. The van der Waals surface area contributed by atoms with E-state index in [9.17, 15) is 9.59 Å². The van der Waals surface area contributed by atoms with E-state index in [0.717, 1.165) is 11.1 Å². The summed E-state index contributed by atoms with van der Waals surface area (Å²) < 4.78 is 5.30. The first kappa shape index (κ1) is 15.3. The van der Waals surface area contributed by atoms with Gasteiger partial charge in [0, 0.05) is 35.6 Å². The Morgan fingerprint density at radius 2 is 2.24 bits per heavy atom. The first-order valence-corrected chi connectivity index (χ1v) is 7.99. The van der Waals surface area contributed by atoms with E-state index in [1.54, 1.807) is 29.4 Å². The number of rotatable bonds is 2. The van der Waals surface area contributed by atoms with Crippen LogP contribution in [0.4, 0.5) is 0 Å². The lowest BCUT2D eigenvalue weighted by Crippen LogP contribution is -2.39. The van der Waals surface area contributed by atoms with Gasteiger partial charge >= 0.3 is 0 Å². The van der Waals surface area contributed by atoms with E-state index in [4.69, 9.17) is 4.42 Å². The van der Waals surface area contributed by atoms with Crippen molar-refractivity contribution in [2.75, 3.05) is 6.54 Å². The number of fused-ring (bicyclic) bond motifs is 1. The van der Waals surface area contributed by atoms with Crippen molar-refractivity contribution in [2.45, 2.75) is 19.9 Å². The number of aryl methyl sites for hydroxylation is 1. The van der Waals surface area contributed by atoms with Crippen molar-refractivity contribution in [3.05, 3.63) is 69.8 Å². The zero-order chi connectivity index (χ0) is 17.4. The summed E-state index contributed by atoms with van der Waals surface area (Å²) in [5, 5.41) is 0. The van der Waals surface area contributed by atoms with Crippen molar-refractivity contribution in [1.82, 2.24) is 19.9 Å². The molecule has 4 rings (SSSR count). The molecule has 1 amide bonds. The number of aromatic nitrogens is 3. The molecule has 1 aliphatic heterocycles. The monoisotopic (exact) mass is 336 g/mol. The Balaban J connectivity index is 1.68. The lowest BCUT2D eigenvalue weighted by molar-refractivity contribution is 0.0698. The molecule has 1 aliphatic rings. The summed E-state index contributed by atoms with van der Waals surface area (Å²) in [6.45, 7) is 2.58. The molecule has 7 heteroatoms. The highest BCUT2D eigenvalue weighted by Gasteiger charge is 2.27. The molecule has 0 saturated heterocycles. The Morgan fingerprint density at radius 1 is 1.36 bits per heavy atom. The summed E-state index contributed by atoms with van der Waals surface area (Å²) in [5.74, 6) is 0.610. The van der Waals surface area contributed by atoms with Gasteiger partial charge in [-0.25, -0.2) is 4.98 Å². The van der Waals surface area contributed by atoms with Gasteiger partial charge in [0.15, 0.2) is 5.76 Å². The molecule has 3 aromatic heterocycles. The van der Waals surface area contributed by atoms with Gasteiger partial charge in [0.1, 0.15) is 5.82 Å². The molecule has 0 bridgehead atoms. The minimum absolute atomic E-state index is 0.162. The molecule has 0 radical (unpaired) electrons. The van der Waals surface area contributed by atoms with Crippen molar-refractivity contribution in [3.63, 3.8) is 0 Å². The second-order valence-electron chi connectivity index (χ2n) is 5.99. The number of aromatic amines is 1. The van der Waals surface area contributed by atoms with Crippen molar-refractivity contribution >= 4 is 5.91 Å². The van der Waals surface area contributed by atoms with Crippen molar-refractivity contribution in [3.8, 4) is 11.4 Å². The van der Waals surface area contributed by atoms with Crippen LogP contribution in [0.15, 0.2) is 46.1 Å². The normalized spacial score (nSPS) is 13.6. The molecule has 0 spiro atoms. The summed E-state index contributed by atoms with van der Waals surface area (Å²) in [4.78, 5) is 38.1. The topological polar surface area (TPSA) is 92.1 Å². The molecule has 1 N–H and O–H groups in total. The van der Waals surface area contributed by atoms with Gasteiger partial charge in [-0.05, 0) is 31.5 Å². The van der Waals surface area contributed by atoms with Crippen molar-refractivity contribution < 1.29 is 9.21 Å². The SMILES string of the molecule is Cc1ccoc1C(=O)N1CCc2c(nc(-c3cccnc3)[nH]c2=O)C1. The molecule has 4 heterocycles. The zero-order valence-corrected chi connectivity index (χ0v) is 13.7. The van der Waals surface area contributed by atoms with Crippen LogP contribution in [0.3, 0.4) is 0 Å². The van der Waals surface area contributed by atoms with E-state index in [1.165, 1.54) is 6.26 Å². The summed E-state index contributed by atoms with van der Waals surface area (Å²) >= 11 is 0. The number of amides is 1. The standard InChI is InChI=1S/C18H16N4O3/c1-11-5-8-25-15(11)18(24)22-7-4-13-14(10-22)20-16(21-17(13)23)12-3-2-6-19-9-12/h2-3,5-6,8-9H,4,7,10H2,1H3,(H,20,21,23). The number of H-pyrrole nitrogens is 1. The Labute approximate surface area is 143 Å². The molecule has 0 atom stereocenters. The zero-order valence-electron chi connectivity index (χ0n) is 13.7. The van der Waals surface area contributed by atoms with Crippen LogP contribution in [-0.4, -0.2) is 32.3 Å². The highest BCUT2D eigenvalue weighted by molar-refractivity contribution is 5.93. The maximum Gasteiger partial charge on any atom is 0.290 e. The summed E-state index contributed by atoms with van der Waals surface area (Å²) in [6, 6.07) is 5.37. The quantitative estimate of drug-likeness (QED) is 0.772. The van der Waals surface area contributed by atoms with Crippen LogP contribution in [0.5, 0.6) is 0 Å². The number of carbonyl (C=O) groups excluding carboxylic acids is 1. The van der Waals surface area contributed by atoms with Crippen LogP contribution >= 0.6 is 0 Å². The Morgan fingerprint density at radius 3 is 2.96 bits per heavy atom. The van der Waals surface area contributed by atoms with E-state index in [1.807, 2.05) is 13.0 Å². The van der Waals surface area contributed by atoms with Gasteiger partial charge in [-0.1, -0.05) is 0 Å². The minimum atomic E-state index is -0.182. The van der Waals surface area contributed by atoms with Gasteiger partial charge < -0.3 is 14.3 Å². The lowest BCUT2D eigenvalue weighted by Gasteiger charge is -2.27. The minimum Gasteiger partial charge on any atom is -0.459 e. The Bertz CT molecular complexity index is 991. The van der Waals surface area contributed by atoms with Gasteiger partial charge in [-0.3, -0.25) is 14.6 Å². The van der Waals surface area contributed by atoms with Crippen molar-refractivity contribution in [1.29, 1.82) is 0 Å². The third-order valence-corrected chi connectivity index (χ3v) is 4.35. The van der Waals surface area contributed by atoms with Crippen LogP contribution in [0, 0.1) is 6.92 Å². The Hall–Kier alpha value is -3.22. The molecular formula is C18H16N4O3. The highest BCUT2D eigenvalue weighted by Crippen LogP contribution is 2.21. The lowest BCUT2D eigenvalue weighted by atomic mass is 10.1. The first-order chi connectivity index (χ1) is 12.1. The fourth-order valence-corrected chi connectivity index (χ4v) is 2.99. The molecule has 0 aliphatic carbocycles. The van der Waals surface area contributed by atoms with Crippen molar-refractivity contribution in [2.24, 2.45) is 0 Å². The smallest absolute Gasteiger partial charge is 0.290 e. The number of nitrogens with one attached hydrogen (secondary N) is 1. The summed E-state index contributed by atoms with van der Waals surface area (Å²) in [5.41, 5.74) is 2.61. The maximum absolute atomic E-state index is 12.6. The number of nitrogens with zero attached hydrogens (tertiary/aromatic N) is 3. The van der Waals surface area contributed by atoms with Crippen LogP contribution in [-0.2, 0) is 13.0 Å². The van der Waals surface area contributed by atoms with Gasteiger partial charge in [0.05, 0.1) is 18.5 Å². The van der Waals surface area contributed by atoms with E-state index < -0.39 is 0 Å². The molecule has 0 fully saturated rings. The van der Waals surface area contributed by atoms with Gasteiger partial charge in [-0.2, -0.15) is 0 Å². The molecule has 3 aromatic rings. The first-order valence-electron chi connectivity index (χ1n) is 7.99. The molecular weight excluding hydrogens is 320 g/mol. The van der Waals surface area contributed by atoms with Crippen LogP contribution < -0.4 is 5.56 Å². The molecule has 25 heavy (non-hydrogen) atoms. The maximum atomic E-state index is 12.6. The molecule has 7 nitrogen and oxygen atoms in total. The molecule has 0 unspecified atom stereocenters. The average Bonchev–Trinajstić information content (AvgIpc) is 3.07. The van der Waals surface area contributed by atoms with Gasteiger partial charge in [-0.15, -0.1) is 0 Å². The molecule has 0 aromatic carbocycles. The predicted octanol–water partition coefficient (Wildman–Crippen LogP) is 1.93. The number of carbonyl (C=O) groups is 1. The fraction of sp³-hybridized carbons (Fsp3) is 0.222. The summed E-state index contributed by atoms with van der Waals surface area (Å²) in [7, 11) is 0. The van der Waals surface area contributed by atoms with E-state index in [0.29, 0.717) is 35.8 Å². The number of pyridine rings is 1. The van der Waals surface area contributed by atoms with E-state index in [2.05, 4.69) is 15.0 Å². The second kappa shape index (κ2) is 6.01. The third-order valence-electron chi connectivity index (χ3n) is 4.35. The van der Waals surface area contributed by atoms with Crippen LogP contribution in [0.2, 0.25) is 0 Å². The fourth-order valence-electron chi connectivity index (χ4n) is 2.99. The number of hydrogen-bond acceptors (Lipinski definition) is 5. The van der Waals surface area contributed by atoms with Gasteiger partial charge in [0.2, 0.25) is 0 Å². The highest BCUT2D eigenvalue weighted by atomic mass is 16.3. The number of hydrogen-bond donors (Lipinski definition) is 1. The predicted molar refractivity (Wildman–Crippen MR) is 90.0 cm³/mol. The van der Waals surface area contributed by atoms with E-state index in [-0.39, 0.29) is 18.0 Å². The number of furan rings is 1. The van der Waals surface area contributed by atoms with Gasteiger partial charge in [0.25, 0.3) is 11.5 Å². The summed E-state index contributed by atoms with van der Waals surface area (Å²) in [6.07, 6.45) is 5.27.